The van der Waals surface area contributed by atoms with Gasteiger partial charge in [0.25, 0.3) is 0 Å². The van der Waals surface area contributed by atoms with E-state index in [2.05, 4.69) is 30.1 Å². The largest absolute Gasteiger partial charge is 0.507 e. The Bertz CT molecular complexity index is 1600. The van der Waals surface area contributed by atoms with Crippen molar-refractivity contribution in [2.45, 2.75) is 19.8 Å². The third kappa shape index (κ3) is 4.06. The average Bonchev–Trinajstić information content (AvgIpc) is 3.36. The van der Waals surface area contributed by atoms with E-state index in [1.165, 1.54) is 6.07 Å². The number of nitrogens with one attached hydrogen (secondary N) is 1. The Morgan fingerprint density at radius 1 is 1.06 bits per heavy atom. The van der Waals surface area contributed by atoms with Gasteiger partial charge in [-0.1, -0.05) is 12.1 Å². The molecule has 2 heterocycles. The molecule has 5 nitrogen and oxygen atoms in total. The normalized spacial score (nSPS) is 11.4. The molecule has 2 aromatic heterocycles. The van der Waals surface area contributed by atoms with Gasteiger partial charge in [-0.15, -0.1) is 9.24 Å². The molecule has 0 fully saturated rings. The summed E-state index contributed by atoms with van der Waals surface area (Å²) in [5.41, 5.74) is 5.16. The van der Waals surface area contributed by atoms with Gasteiger partial charge in [-0.3, -0.25) is 9.67 Å². The molecule has 5 aromatic rings. The zero-order valence-corrected chi connectivity index (χ0v) is 20.8. The van der Waals surface area contributed by atoms with Crippen molar-refractivity contribution < 1.29 is 9.50 Å². The monoisotopic (exact) mass is 490 g/mol. The molecule has 0 aliphatic rings. The van der Waals surface area contributed by atoms with E-state index in [0.29, 0.717) is 34.6 Å². The standard InChI is InChI=1S/C26H24FN4OPS/c1-15-11-24(32)21(13-17(15)4-3-16-5-7-20(33)14-22(16)27)25-28-29-26(34)31(25)19-6-8-23-18(12-19)9-10-30(23)2/h5-14,32H,3-4,33H2,1-2H3,(H,29,34). The minimum Gasteiger partial charge on any atom is -0.507 e. The lowest BCUT2D eigenvalue weighted by molar-refractivity contribution is 0.476. The summed E-state index contributed by atoms with van der Waals surface area (Å²) in [6, 6.07) is 17.0. The third-order valence-corrected chi connectivity index (χ3v) is 6.87. The fourth-order valence-corrected chi connectivity index (χ4v) is 4.83. The Morgan fingerprint density at radius 3 is 2.65 bits per heavy atom. The number of aromatic nitrogens is 4. The number of benzene rings is 3. The molecule has 0 saturated heterocycles. The lowest BCUT2D eigenvalue weighted by Gasteiger charge is -2.13. The average molecular weight is 491 g/mol. The van der Waals surface area contributed by atoms with Crippen LogP contribution in [0, 0.1) is 17.5 Å². The van der Waals surface area contributed by atoms with Crippen LogP contribution in [0.3, 0.4) is 0 Å². The summed E-state index contributed by atoms with van der Waals surface area (Å²) >= 11 is 5.54. The van der Waals surface area contributed by atoms with Crippen LogP contribution >= 0.6 is 21.5 Å². The summed E-state index contributed by atoms with van der Waals surface area (Å²) in [5, 5.41) is 20.0. The molecule has 0 bridgehead atoms. The third-order valence-electron chi connectivity index (χ3n) is 6.24. The van der Waals surface area contributed by atoms with Gasteiger partial charge < -0.3 is 9.67 Å². The minimum atomic E-state index is -0.207. The number of phenols is 1. The molecule has 0 aliphatic carbocycles. The number of H-pyrrole nitrogens is 1. The topological polar surface area (TPSA) is 58.8 Å². The predicted octanol–water partition coefficient (Wildman–Crippen LogP) is 5.53. The maximum absolute atomic E-state index is 14.3. The van der Waals surface area contributed by atoms with E-state index >= 15 is 0 Å². The van der Waals surface area contributed by atoms with Crippen molar-refractivity contribution >= 4 is 37.7 Å². The molecular weight excluding hydrogens is 466 g/mol. The molecule has 0 amide bonds. The summed E-state index contributed by atoms with van der Waals surface area (Å²) < 4.78 is 18.7. The second-order valence-corrected chi connectivity index (χ2v) is 9.56. The Labute approximate surface area is 204 Å². The Kier molecular flexibility index (Phi) is 5.84. The zero-order chi connectivity index (χ0) is 24.0. The molecule has 1 unspecified atom stereocenters. The van der Waals surface area contributed by atoms with Crippen LogP contribution in [-0.4, -0.2) is 24.4 Å². The van der Waals surface area contributed by atoms with Crippen LogP contribution in [0.15, 0.2) is 60.8 Å². The second-order valence-electron chi connectivity index (χ2n) is 8.50. The van der Waals surface area contributed by atoms with E-state index in [1.54, 1.807) is 6.07 Å². The van der Waals surface area contributed by atoms with Crippen LogP contribution in [0.2, 0.25) is 0 Å². The summed E-state index contributed by atoms with van der Waals surface area (Å²) in [6.07, 6.45) is 3.20. The molecule has 34 heavy (non-hydrogen) atoms. The van der Waals surface area contributed by atoms with E-state index < -0.39 is 0 Å². The van der Waals surface area contributed by atoms with Crippen molar-refractivity contribution in [1.29, 1.82) is 0 Å². The van der Waals surface area contributed by atoms with Crippen molar-refractivity contribution in [1.82, 2.24) is 19.3 Å². The fourth-order valence-electron chi connectivity index (χ4n) is 4.35. The van der Waals surface area contributed by atoms with Crippen molar-refractivity contribution in [2.24, 2.45) is 7.05 Å². The van der Waals surface area contributed by atoms with Gasteiger partial charge in [0.05, 0.1) is 11.3 Å². The molecule has 2 N–H and O–H groups in total. The van der Waals surface area contributed by atoms with E-state index in [9.17, 15) is 9.50 Å². The first-order valence-corrected chi connectivity index (χ1v) is 11.9. The van der Waals surface area contributed by atoms with Gasteiger partial charge in [-0.05, 0) is 96.4 Å². The highest BCUT2D eigenvalue weighted by Crippen LogP contribution is 2.33. The first kappa shape index (κ1) is 22.5. The van der Waals surface area contributed by atoms with Crippen molar-refractivity contribution in [3.63, 3.8) is 0 Å². The first-order valence-electron chi connectivity index (χ1n) is 10.9. The molecule has 5 rings (SSSR count). The Morgan fingerprint density at radius 2 is 1.85 bits per heavy atom. The van der Waals surface area contributed by atoms with Crippen LogP contribution < -0.4 is 5.30 Å². The number of hydrogen-bond donors (Lipinski definition) is 2. The van der Waals surface area contributed by atoms with Gasteiger partial charge in [-0.25, -0.2) is 4.39 Å². The number of hydrogen-bond acceptors (Lipinski definition) is 3. The number of rotatable bonds is 5. The number of halogens is 1. The van der Waals surface area contributed by atoms with Gasteiger partial charge in [0.1, 0.15) is 11.6 Å². The molecular formula is C26H24FN4OPS. The molecule has 0 aliphatic heterocycles. The summed E-state index contributed by atoms with van der Waals surface area (Å²) in [4.78, 5) is 0. The van der Waals surface area contributed by atoms with Crippen molar-refractivity contribution in [3.05, 3.63) is 88.1 Å². The fraction of sp³-hybridized carbons (Fsp3) is 0.154. The maximum atomic E-state index is 14.3. The van der Waals surface area contributed by atoms with Gasteiger partial charge in [0, 0.05) is 24.1 Å². The quantitative estimate of drug-likeness (QED) is 0.252. The van der Waals surface area contributed by atoms with Gasteiger partial charge in [-0.2, -0.15) is 5.10 Å². The molecule has 1 atom stereocenters. The Hall–Kier alpha value is -3.28. The smallest absolute Gasteiger partial charge is 0.200 e. The van der Waals surface area contributed by atoms with E-state index in [0.717, 1.165) is 33.0 Å². The van der Waals surface area contributed by atoms with Crippen LogP contribution in [0.4, 0.5) is 4.39 Å². The Balaban J connectivity index is 1.55. The highest BCUT2D eigenvalue weighted by Gasteiger charge is 2.17. The lowest BCUT2D eigenvalue weighted by atomic mass is 9.97. The molecule has 0 radical (unpaired) electrons. The molecule has 3 aromatic carbocycles. The summed E-state index contributed by atoms with van der Waals surface area (Å²) in [6.45, 7) is 1.95. The SMILES string of the molecule is Cc1cc(O)c(-c2n[nH]c(=S)n2-c2ccc3c(ccn3C)c2)cc1CCc1ccc(P)cc1F. The lowest BCUT2D eigenvalue weighted by Crippen LogP contribution is -2.02. The van der Waals surface area contributed by atoms with E-state index in [1.807, 2.05) is 61.1 Å². The zero-order valence-electron chi connectivity index (χ0n) is 18.8. The number of nitrogens with zero attached hydrogens (tertiary/aromatic N) is 3. The molecule has 8 heteroatoms. The predicted molar refractivity (Wildman–Crippen MR) is 140 cm³/mol. The number of phenolic OH excluding ortho intramolecular Hbond substituents is 1. The molecule has 172 valence electrons. The first-order chi connectivity index (χ1) is 16.3. The minimum absolute atomic E-state index is 0.121. The second kappa shape index (κ2) is 8.82. The van der Waals surface area contributed by atoms with E-state index in [4.69, 9.17) is 12.2 Å². The van der Waals surface area contributed by atoms with E-state index in [-0.39, 0.29) is 11.6 Å². The van der Waals surface area contributed by atoms with Gasteiger partial charge in [0.2, 0.25) is 0 Å². The summed E-state index contributed by atoms with van der Waals surface area (Å²) in [7, 11) is 4.52. The van der Waals surface area contributed by atoms with Crippen LogP contribution in [0.5, 0.6) is 5.75 Å². The highest BCUT2D eigenvalue weighted by molar-refractivity contribution is 7.71. The van der Waals surface area contributed by atoms with Gasteiger partial charge >= 0.3 is 0 Å². The van der Waals surface area contributed by atoms with Gasteiger partial charge in [0.15, 0.2) is 10.6 Å². The van der Waals surface area contributed by atoms with Crippen molar-refractivity contribution in [2.75, 3.05) is 0 Å². The molecule has 0 saturated carbocycles. The maximum Gasteiger partial charge on any atom is 0.200 e. The highest BCUT2D eigenvalue weighted by atomic mass is 32.1. The number of aromatic hydroxyl groups is 1. The number of aryl methyl sites for hydroxylation is 4. The van der Waals surface area contributed by atoms with Crippen LogP contribution in [0.25, 0.3) is 28.0 Å². The number of aromatic amines is 1. The number of fused-ring (bicyclic) bond motifs is 1. The molecule has 0 spiro atoms. The van der Waals surface area contributed by atoms with Crippen molar-refractivity contribution in [3.8, 4) is 22.8 Å². The summed E-state index contributed by atoms with van der Waals surface area (Å²) in [5.74, 6) is 0.440. The van der Waals surface area contributed by atoms with Crippen LogP contribution in [0.1, 0.15) is 16.7 Å². The van der Waals surface area contributed by atoms with Crippen LogP contribution in [-0.2, 0) is 19.9 Å².